The maximum absolute atomic E-state index is 4.55. The predicted octanol–water partition coefficient (Wildman–Crippen LogP) is 4.19. The molecule has 0 aromatic carbocycles. The van der Waals surface area contributed by atoms with Gasteiger partial charge in [-0.05, 0) is 47.8 Å². The molecule has 14 heavy (non-hydrogen) atoms. The summed E-state index contributed by atoms with van der Waals surface area (Å²) in [5, 5.41) is 1.99. The Hall–Kier alpha value is -0.0200. The minimum atomic E-state index is 0.808. The Morgan fingerprint density at radius 3 is 2.71 bits per heavy atom. The lowest BCUT2D eigenvalue weighted by Crippen LogP contribution is -1.95. The molecule has 3 heteroatoms. The van der Waals surface area contributed by atoms with E-state index in [4.69, 9.17) is 0 Å². The molecule has 2 rings (SSSR count). The summed E-state index contributed by atoms with van der Waals surface area (Å²) in [6.07, 6.45) is 5.52. The average molecular weight is 272 g/mol. The van der Waals surface area contributed by atoms with Crippen LogP contribution in [0.4, 0.5) is 0 Å². The van der Waals surface area contributed by atoms with E-state index < -0.39 is 0 Å². The van der Waals surface area contributed by atoms with Gasteiger partial charge in [-0.3, -0.25) is 0 Å². The van der Waals surface area contributed by atoms with E-state index in [-0.39, 0.29) is 0 Å². The number of pyridine rings is 1. The minimum absolute atomic E-state index is 0.808. The van der Waals surface area contributed by atoms with E-state index in [1.807, 2.05) is 18.7 Å². The lowest BCUT2D eigenvalue weighted by atomic mass is 10.4. The second kappa shape index (κ2) is 4.67. The summed E-state index contributed by atoms with van der Waals surface area (Å²) in [6, 6.07) is 4.21. The highest BCUT2D eigenvalue weighted by atomic mass is 79.9. The van der Waals surface area contributed by atoms with Crippen molar-refractivity contribution >= 4 is 27.7 Å². The maximum Gasteiger partial charge on any atom is 0.0966 e. The number of thioether (sulfide) groups is 1. The van der Waals surface area contributed by atoms with E-state index in [0.29, 0.717) is 0 Å². The van der Waals surface area contributed by atoms with E-state index in [9.17, 15) is 0 Å². The summed E-state index contributed by atoms with van der Waals surface area (Å²) in [4.78, 5) is 4.55. The van der Waals surface area contributed by atoms with Crippen molar-refractivity contribution in [1.82, 2.24) is 4.98 Å². The summed E-state index contributed by atoms with van der Waals surface area (Å²) in [6.45, 7) is 2.04. The normalized spacial score (nSPS) is 17.6. The molecule has 1 aromatic rings. The second-order valence-electron chi connectivity index (χ2n) is 3.74. The van der Waals surface area contributed by atoms with Crippen LogP contribution in [0.1, 0.15) is 31.4 Å². The van der Waals surface area contributed by atoms with Crippen molar-refractivity contribution in [1.29, 1.82) is 0 Å². The standard InChI is InChI=1S/C11H14BrNS/c1-8-10(12)6-7-11(13-8)14-9-4-2-3-5-9/h6-7,9H,2-5H2,1H3. The first-order valence-corrected chi connectivity index (χ1v) is 6.73. The summed E-state index contributed by atoms with van der Waals surface area (Å²) in [5.41, 5.74) is 1.09. The third kappa shape index (κ3) is 2.51. The summed E-state index contributed by atoms with van der Waals surface area (Å²) in [5.74, 6) is 0. The fourth-order valence-electron chi connectivity index (χ4n) is 1.76. The van der Waals surface area contributed by atoms with Crippen molar-refractivity contribution in [2.45, 2.75) is 42.9 Å². The van der Waals surface area contributed by atoms with Gasteiger partial charge in [0.2, 0.25) is 0 Å². The maximum atomic E-state index is 4.55. The monoisotopic (exact) mass is 271 g/mol. The molecular formula is C11H14BrNS. The first-order chi connectivity index (χ1) is 6.75. The van der Waals surface area contributed by atoms with Crippen LogP contribution < -0.4 is 0 Å². The molecule has 0 spiro atoms. The molecule has 1 nitrogen and oxygen atoms in total. The first-order valence-electron chi connectivity index (χ1n) is 5.05. The molecule has 76 valence electrons. The molecular weight excluding hydrogens is 258 g/mol. The molecule has 0 radical (unpaired) electrons. The highest BCUT2D eigenvalue weighted by Crippen LogP contribution is 2.34. The first kappa shape index (κ1) is 10.5. The Morgan fingerprint density at radius 1 is 1.36 bits per heavy atom. The Kier molecular flexibility index (Phi) is 3.50. The van der Waals surface area contributed by atoms with E-state index >= 15 is 0 Å². The molecule has 1 aliphatic carbocycles. The van der Waals surface area contributed by atoms with Gasteiger partial charge >= 0.3 is 0 Å². The Morgan fingerprint density at radius 2 is 2.07 bits per heavy atom. The van der Waals surface area contributed by atoms with Gasteiger partial charge in [-0.1, -0.05) is 12.8 Å². The lowest BCUT2D eigenvalue weighted by molar-refractivity contribution is 0.886. The molecule has 1 fully saturated rings. The molecule has 0 aliphatic heterocycles. The third-order valence-corrected chi connectivity index (χ3v) is 4.70. The van der Waals surface area contributed by atoms with Crippen molar-refractivity contribution in [2.24, 2.45) is 0 Å². The number of aryl methyl sites for hydroxylation is 1. The Balaban J connectivity index is 2.05. The number of hydrogen-bond acceptors (Lipinski definition) is 2. The lowest BCUT2D eigenvalue weighted by Gasteiger charge is -2.08. The van der Waals surface area contributed by atoms with Crippen molar-refractivity contribution < 1.29 is 0 Å². The fraction of sp³-hybridized carbons (Fsp3) is 0.545. The number of rotatable bonds is 2. The van der Waals surface area contributed by atoms with E-state index in [2.05, 4.69) is 33.0 Å². The van der Waals surface area contributed by atoms with Crippen LogP contribution >= 0.6 is 27.7 Å². The van der Waals surface area contributed by atoms with Gasteiger partial charge in [0.1, 0.15) is 0 Å². The van der Waals surface area contributed by atoms with Crippen LogP contribution in [0.15, 0.2) is 21.6 Å². The van der Waals surface area contributed by atoms with Crippen molar-refractivity contribution in [3.8, 4) is 0 Å². The molecule has 0 N–H and O–H groups in total. The summed E-state index contributed by atoms with van der Waals surface area (Å²) in [7, 11) is 0. The van der Waals surface area contributed by atoms with Crippen molar-refractivity contribution in [2.75, 3.05) is 0 Å². The number of hydrogen-bond donors (Lipinski definition) is 0. The SMILES string of the molecule is Cc1nc(SC2CCCC2)ccc1Br. The molecule has 1 saturated carbocycles. The zero-order valence-electron chi connectivity index (χ0n) is 8.29. The number of aromatic nitrogens is 1. The fourth-order valence-corrected chi connectivity index (χ4v) is 3.23. The van der Waals surface area contributed by atoms with E-state index in [1.165, 1.54) is 30.7 Å². The Bertz CT molecular complexity index is 321. The van der Waals surface area contributed by atoms with Crippen LogP contribution in [0.3, 0.4) is 0 Å². The quantitative estimate of drug-likeness (QED) is 0.800. The van der Waals surface area contributed by atoms with Crippen molar-refractivity contribution in [3.63, 3.8) is 0 Å². The van der Waals surface area contributed by atoms with Crippen LogP contribution in [0.2, 0.25) is 0 Å². The molecule has 1 aliphatic rings. The van der Waals surface area contributed by atoms with Crippen LogP contribution in [0, 0.1) is 6.92 Å². The molecule has 1 heterocycles. The van der Waals surface area contributed by atoms with Crippen LogP contribution in [0.25, 0.3) is 0 Å². The van der Waals surface area contributed by atoms with Gasteiger partial charge in [0.15, 0.2) is 0 Å². The zero-order chi connectivity index (χ0) is 9.97. The van der Waals surface area contributed by atoms with E-state index in [1.54, 1.807) is 0 Å². The molecule has 0 atom stereocenters. The van der Waals surface area contributed by atoms with Crippen molar-refractivity contribution in [3.05, 3.63) is 22.3 Å². The molecule has 0 amide bonds. The van der Waals surface area contributed by atoms with Crippen LogP contribution in [-0.4, -0.2) is 10.2 Å². The van der Waals surface area contributed by atoms with Crippen LogP contribution in [-0.2, 0) is 0 Å². The molecule has 0 unspecified atom stereocenters. The van der Waals surface area contributed by atoms with Gasteiger partial charge < -0.3 is 0 Å². The highest BCUT2D eigenvalue weighted by Gasteiger charge is 2.16. The molecule has 0 bridgehead atoms. The van der Waals surface area contributed by atoms with Gasteiger partial charge in [0.25, 0.3) is 0 Å². The minimum Gasteiger partial charge on any atom is -0.246 e. The van der Waals surface area contributed by atoms with Gasteiger partial charge in [0, 0.05) is 9.72 Å². The average Bonchev–Trinajstić information content (AvgIpc) is 2.64. The van der Waals surface area contributed by atoms with Gasteiger partial charge in [0.05, 0.1) is 10.7 Å². The molecule has 0 saturated heterocycles. The predicted molar refractivity (Wildman–Crippen MR) is 64.8 cm³/mol. The Labute approximate surface area is 97.8 Å². The topological polar surface area (TPSA) is 12.9 Å². The van der Waals surface area contributed by atoms with Crippen LogP contribution in [0.5, 0.6) is 0 Å². The third-order valence-electron chi connectivity index (χ3n) is 2.59. The second-order valence-corrected chi connectivity index (χ2v) is 5.92. The largest absolute Gasteiger partial charge is 0.246 e. The zero-order valence-corrected chi connectivity index (χ0v) is 10.7. The smallest absolute Gasteiger partial charge is 0.0966 e. The van der Waals surface area contributed by atoms with Gasteiger partial charge in [-0.2, -0.15) is 0 Å². The molecule has 1 aromatic heterocycles. The number of nitrogens with zero attached hydrogens (tertiary/aromatic N) is 1. The summed E-state index contributed by atoms with van der Waals surface area (Å²) >= 11 is 5.41. The number of halogens is 1. The highest BCUT2D eigenvalue weighted by molar-refractivity contribution is 9.10. The van der Waals surface area contributed by atoms with Gasteiger partial charge in [-0.25, -0.2) is 4.98 Å². The van der Waals surface area contributed by atoms with E-state index in [0.717, 1.165) is 15.4 Å². The van der Waals surface area contributed by atoms with Gasteiger partial charge in [-0.15, -0.1) is 11.8 Å². The summed E-state index contributed by atoms with van der Waals surface area (Å²) < 4.78 is 1.10.